The molecule has 3 atom stereocenters. The van der Waals surface area contributed by atoms with E-state index in [1.165, 1.54) is 0 Å². The Morgan fingerprint density at radius 3 is 2.72 bits per heavy atom. The molecule has 1 saturated heterocycles. The normalized spacial score (nSPS) is 31.2. The van der Waals surface area contributed by atoms with Crippen LogP contribution in [-0.4, -0.2) is 34.6 Å². The zero-order valence-corrected chi connectivity index (χ0v) is 10.5. The van der Waals surface area contributed by atoms with Gasteiger partial charge in [0.2, 0.25) is 0 Å². The minimum absolute atomic E-state index is 0.124. The van der Waals surface area contributed by atoms with Gasteiger partial charge in [-0.2, -0.15) is 0 Å². The number of hydrogen-bond donors (Lipinski definition) is 1. The Labute approximate surface area is 107 Å². The van der Waals surface area contributed by atoms with Crippen LogP contribution in [0.25, 0.3) is 0 Å². The number of nitrogens with zero attached hydrogens (tertiary/aromatic N) is 1. The van der Waals surface area contributed by atoms with Gasteiger partial charge in [-0.3, -0.25) is 4.79 Å². The molecule has 0 unspecified atom stereocenters. The van der Waals surface area contributed by atoms with E-state index in [2.05, 4.69) is 0 Å². The summed E-state index contributed by atoms with van der Waals surface area (Å²) in [6.45, 7) is 0.691. The number of fused-ring (bicyclic) bond motifs is 1. The van der Waals surface area contributed by atoms with E-state index >= 15 is 0 Å². The van der Waals surface area contributed by atoms with Crippen molar-refractivity contribution >= 4 is 5.91 Å². The number of hydrogen-bond acceptors (Lipinski definition) is 2. The second-order valence-electron chi connectivity index (χ2n) is 5.38. The number of piperidine rings is 1. The molecule has 1 heterocycles. The molecule has 1 aromatic carbocycles. The molecule has 1 aliphatic carbocycles. The lowest BCUT2D eigenvalue weighted by Crippen LogP contribution is -2.51. The van der Waals surface area contributed by atoms with E-state index in [9.17, 15) is 9.90 Å². The maximum absolute atomic E-state index is 12.5. The van der Waals surface area contributed by atoms with Gasteiger partial charge in [0.25, 0.3) is 5.91 Å². The van der Waals surface area contributed by atoms with E-state index in [1.807, 2.05) is 35.2 Å². The summed E-state index contributed by atoms with van der Waals surface area (Å²) in [4.78, 5) is 14.5. The van der Waals surface area contributed by atoms with Gasteiger partial charge in [0.1, 0.15) is 0 Å². The molecule has 1 amide bonds. The van der Waals surface area contributed by atoms with Crippen molar-refractivity contribution in [3.05, 3.63) is 35.9 Å². The molecule has 18 heavy (non-hydrogen) atoms. The summed E-state index contributed by atoms with van der Waals surface area (Å²) in [5.41, 5.74) is 0.763. The van der Waals surface area contributed by atoms with Crippen molar-refractivity contribution in [3.63, 3.8) is 0 Å². The Kier molecular flexibility index (Phi) is 3.08. The summed E-state index contributed by atoms with van der Waals surface area (Å²) in [6.07, 6.45) is 3.74. The fourth-order valence-electron chi connectivity index (χ4n) is 3.45. The van der Waals surface area contributed by atoms with Crippen LogP contribution in [0.5, 0.6) is 0 Å². The molecule has 96 valence electrons. The molecule has 2 aliphatic rings. The highest BCUT2D eigenvalue weighted by atomic mass is 16.3. The van der Waals surface area contributed by atoms with Crippen molar-refractivity contribution in [2.75, 3.05) is 6.54 Å². The largest absolute Gasteiger partial charge is 0.393 e. The Morgan fingerprint density at radius 1 is 1.17 bits per heavy atom. The van der Waals surface area contributed by atoms with E-state index in [1.54, 1.807) is 0 Å². The molecule has 0 aromatic heterocycles. The highest BCUT2D eigenvalue weighted by molar-refractivity contribution is 5.94. The van der Waals surface area contributed by atoms with Crippen LogP contribution in [0.1, 0.15) is 36.0 Å². The van der Waals surface area contributed by atoms with Crippen molar-refractivity contribution in [2.45, 2.75) is 37.8 Å². The SMILES string of the molecule is O=C(c1ccccc1)N1CC[C@@H](O)[C@@H]2CCC[C@@H]21. The van der Waals surface area contributed by atoms with Gasteiger partial charge in [0.15, 0.2) is 0 Å². The third-order valence-electron chi connectivity index (χ3n) is 4.37. The lowest BCUT2D eigenvalue weighted by atomic mass is 9.88. The fourth-order valence-corrected chi connectivity index (χ4v) is 3.45. The van der Waals surface area contributed by atoms with Crippen LogP contribution in [0.3, 0.4) is 0 Å². The average molecular weight is 245 g/mol. The first kappa shape index (κ1) is 11.7. The Bertz CT molecular complexity index is 431. The van der Waals surface area contributed by atoms with E-state index in [0.717, 1.165) is 31.2 Å². The van der Waals surface area contributed by atoms with E-state index in [-0.39, 0.29) is 18.1 Å². The highest BCUT2D eigenvalue weighted by Gasteiger charge is 2.42. The minimum Gasteiger partial charge on any atom is -0.393 e. The number of benzene rings is 1. The van der Waals surface area contributed by atoms with Crippen molar-refractivity contribution < 1.29 is 9.90 Å². The van der Waals surface area contributed by atoms with Crippen molar-refractivity contribution in [1.29, 1.82) is 0 Å². The molecule has 1 aliphatic heterocycles. The Balaban J connectivity index is 1.82. The second-order valence-corrected chi connectivity index (χ2v) is 5.38. The van der Waals surface area contributed by atoms with Gasteiger partial charge in [-0.05, 0) is 31.4 Å². The zero-order valence-electron chi connectivity index (χ0n) is 10.5. The number of carbonyl (C=O) groups excluding carboxylic acids is 1. The number of carbonyl (C=O) groups is 1. The molecule has 2 fully saturated rings. The Hall–Kier alpha value is -1.35. The van der Waals surface area contributed by atoms with Gasteiger partial charge >= 0.3 is 0 Å². The van der Waals surface area contributed by atoms with Crippen LogP contribution >= 0.6 is 0 Å². The number of amides is 1. The maximum Gasteiger partial charge on any atom is 0.254 e. The first-order valence-corrected chi connectivity index (χ1v) is 6.81. The predicted octanol–water partition coefficient (Wildman–Crippen LogP) is 2.06. The second kappa shape index (κ2) is 4.73. The Morgan fingerprint density at radius 2 is 1.94 bits per heavy atom. The van der Waals surface area contributed by atoms with Crippen LogP contribution in [-0.2, 0) is 0 Å². The van der Waals surface area contributed by atoms with E-state index in [0.29, 0.717) is 12.5 Å². The third-order valence-corrected chi connectivity index (χ3v) is 4.37. The zero-order chi connectivity index (χ0) is 12.5. The topological polar surface area (TPSA) is 40.5 Å². The molecule has 1 aromatic rings. The molecule has 3 nitrogen and oxygen atoms in total. The molecule has 3 rings (SSSR count). The summed E-state index contributed by atoms with van der Waals surface area (Å²) >= 11 is 0. The lowest BCUT2D eigenvalue weighted by Gasteiger charge is -2.40. The molecule has 0 spiro atoms. The summed E-state index contributed by atoms with van der Waals surface area (Å²) < 4.78 is 0. The molecular formula is C15H19NO2. The van der Waals surface area contributed by atoms with Gasteiger partial charge in [-0.1, -0.05) is 24.6 Å². The molecule has 1 saturated carbocycles. The smallest absolute Gasteiger partial charge is 0.254 e. The standard InChI is InChI=1S/C15H19NO2/c17-14-9-10-16(13-8-4-7-12(13)14)15(18)11-5-2-1-3-6-11/h1-3,5-6,12-14,17H,4,7-10H2/t12-,13+,14-/m1/s1. The average Bonchev–Trinajstić information content (AvgIpc) is 2.90. The minimum atomic E-state index is -0.211. The van der Waals surface area contributed by atoms with Gasteiger partial charge in [-0.25, -0.2) is 0 Å². The van der Waals surface area contributed by atoms with E-state index in [4.69, 9.17) is 0 Å². The first-order valence-electron chi connectivity index (χ1n) is 6.81. The highest BCUT2D eigenvalue weighted by Crippen LogP contribution is 2.37. The van der Waals surface area contributed by atoms with Crippen LogP contribution in [0.4, 0.5) is 0 Å². The van der Waals surface area contributed by atoms with Crippen molar-refractivity contribution in [3.8, 4) is 0 Å². The molecule has 0 radical (unpaired) electrons. The molecular weight excluding hydrogens is 226 g/mol. The van der Waals surface area contributed by atoms with Gasteiger partial charge in [-0.15, -0.1) is 0 Å². The van der Waals surface area contributed by atoms with Crippen LogP contribution in [0.15, 0.2) is 30.3 Å². The van der Waals surface area contributed by atoms with Crippen LogP contribution in [0.2, 0.25) is 0 Å². The quantitative estimate of drug-likeness (QED) is 0.822. The monoisotopic (exact) mass is 245 g/mol. The number of aliphatic hydroxyl groups is 1. The van der Waals surface area contributed by atoms with Gasteiger partial charge in [0, 0.05) is 24.1 Å². The molecule has 1 N–H and O–H groups in total. The number of rotatable bonds is 1. The summed E-state index contributed by atoms with van der Waals surface area (Å²) in [7, 11) is 0. The maximum atomic E-state index is 12.5. The van der Waals surface area contributed by atoms with E-state index < -0.39 is 0 Å². The molecule has 0 bridgehead atoms. The van der Waals surface area contributed by atoms with Crippen LogP contribution in [0, 0.1) is 5.92 Å². The predicted molar refractivity (Wildman–Crippen MR) is 69.2 cm³/mol. The first-order chi connectivity index (χ1) is 8.77. The van der Waals surface area contributed by atoms with Crippen molar-refractivity contribution in [2.24, 2.45) is 5.92 Å². The van der Waals surface area contributed by atoms with Crippen molar-refractivity contribution in [1.82, 2.24) is 4.90 Å². The fraction of sp³-hybridized carbons (Fsp3) is 0.533. The van der Waals surface area contributed by atoms with Crippen LogP contribution < -0.4 is 0 Å². The number of likely N-dealkylation sites (tertiary alicyclic amines) is 1. The van der Waals surface area contributed by atoms with Gasteiger partial charge in [0.05, 0.1) is 6.10 Å². The third kappa shape index (κ3) is 1.93. The molecule has 3 heteroatoms. The van der Waals surface area contributed by atoms with Gasteiger partial charge < -0.3 is 10.0 Å². The summed E-state index contributed by atoms with van der Waals surface area (Å²) in [5, 5.41) is 10.0. The lowest BCUT2D eigenvalue weighted by molar-refractivity contribution is 0.00258. The summed E-state index contributed by atoms with van der Waals surface area (Å²) in [5.74, 6) is 0.422. The summed E-state index contributed by atoms with van der Waals surface area (Å²) in [6, 6.07) is 9.72. The number of aliphatic hydroxyl groups excluding tert-OH is 1.